The van der Waals surface area contributed by atoms with E-state index in [1.54, 1.807) is 36.4 Å². The Bertz CT molecular complexity index is 1130. The van der Waals surface area contributed by atoms with Gasteiger partial charge in [-0.2, -0.15) is 8.42 Å². The summed E-state index contributed by atoms with van der Waals surface area (Å²) in [5.41, 5.74) is 0.763. The number of carbonyl (C=O) groups is 1. The summed E-state index contributed by atoms with van der Waals surface area (Å²) in [7, 11) is -4.22. The molecule has 1 amide bonds. The molecule has 1 aliphatic rings. The SMILES string of the molecule is O=C(NS(=O)(=O)c1c(Cl)nc2ccccn12)C1CC1c1ccccc1F. The van der Waals surface area contributed by atoms with E-state index >= 15 is 0 Å². The summed E-state index contributed by atoms with van der Waals surface area (Å²) < 4.78 is 42.4. The molecule has 26 heavy (non-hydrogen) atoms. The van der Waals surface area contributed by atoms with Crippen LogP contribution in [-0.4, -0.2) is 23.7 Å². The van der Waals surface area contributed by atoms with Crippen LogP contribution in [0.25, 0.3) is 5.65 Å². The Morgan fingerprint density at radius 2 is 1.96 bits per heavy atom. The molecule has 9 heteroatoms. The molecule has 2 atom stereocenters. The fourth-order valence-electron chi connectivity index (χ4n) is 3.05. The van der Waals surface area contributed by atoms with Gasteiger partial charge in [-0.3, -0.25) is 9.20 Å². The zero-order chi connectivity index (χ0) is 18.5. The smallest absolute Gasteiger partial charge is 0.283 e. The van der Waals surface area contributed by atoms with Crippen LogP contribution < -0.4 is 4.72 Å². The van der Waals surface area contributed by atoms with Gasteiger partial charge >= 0.3 is 0 Å². The highest BCUT2D eigenvalue weighted by Gasteiger charge is 2.46. The zero-order valence-corrected chi connectivity index (χ0v) is 14.8. The van der Waals surface area contributed by atoms with Gasteiger partial charge in [0.25, 0.3) is 10.0 Å². The second-order valence-corrected chi connectivity index (χ2v) is 8.03. The van der Waals surface area contributed by atoms with Crippen LogP contribution in [0.1, 0.15) is 17.9 Å². The lowest BCUT2D eigenvalue weighted by Crippen LogP contribution is -2.33. The summed E-state index contributed by atoms with van der Waals surface area (Å²) in [6, 6.07) is 11.1. The van der Waals surface area contributed by atoms with Crippen molar-refractivity contribution in [3.05, 3.63) is 65.2 Å². The lowest BCUT2D eigenvalue weighted by Gasteiger charge is -2.07. The van der Waals surface area contributed by atoms with Gasteiger partial charge in [-0.25, -0.2) is 14.1 Å². The van der Waals surface area contributed by atoms with Crippen LogP contribution in [0.5, 0.6) is 0 Å². The fraction of sp³-hybridized carbons (Fsp3) is 0.176. The number of nitrogens with one attached hydrogen (secondary N) is 1. The van der Waals surface area contributed by atoms with Crippen molar-refractivity contribution in [2.45, 2.75) is 17.4 Å². The molecule has 4 rings (SSSR count). The predicted molar refractivity (Wildman–Crippen MR) is 92.8 cm³/mol. The van der Waals surface area contributed by atoms with E-state index in [4.69, 9.17) is 11.6 Å². The average Bonchev–Trinajstić information content (AvgIpc) is 3.29. The highest BCUT2D eigenvalue weighted by atomic mass is 35.5. The number of carbonyl (C=O) groups excluding carboxylic acids is 1. The average molecular weight is 394 g/mol. The second kappa shape index (κ2) is 6.07. The fourth-order valence-corrected chi connectivity index (χ4v) is 4.72. The van der Waals surface area contributed by atoms with E-state index in [1.807, 2.05) is 4.72 Å². The number of fused-ring (bicyclic) bond motifs is 1. The number of imidazole rings is 1. The number of hydrogen-bond donors (Lipinski definition) is 1. The van der Waals surface area contributed by atoms with E-state index in [0.717, 1.165) is 0 Å². The summed E-state index contributed by atoms with van der Waals surface area (Å²) in [4.78, 5) is 16.3. The number of aromatic nitrogens is 2. The molecule has 6 nitrogen and oxygen atoms in total. The van der Waals surface area contributed by atoms with Crippen molar-refractivity contribution in [1.82, 2.24) is 14.1 Å². The Hall–Kier alpha value is -2.45. The van der Waals surface area contributed by atoms with Crippen LogP contribution >= 0.6 is 11.6 Å². The molecule has 0 saturated heterocycles. The first-order valence-electron chi connectivity index (χ1n) is 7.82. The third-order valence-corrected chi connectivity index (χ3v) is 6.11. The van der Waals surface area contributed by atoms with Crippen molar-refractivity contribution in [2.24, 2.45) is 5.92 Å². The molecule has 1 aromatic carbocycles. The minimum atomic E-state index is -4.22. The monoisotopic (exact) mass is 393 g/mol. The van der Waals surface area contributed by atoms with E-state index in [-0.39, 0.29) is 16.1 Å². The maximum Gasteiger partial charge on any atom is 0.283 e. The Balaban J connectivity index is 1.58. The van der Waals surface area contributed by atoms with Crippen molar-refractivity contribution in [1.29, 1.82) is 0 Å². The first-order valence-corrected chi connectivity index (χ1v) is 9.68. The summed E-state index contributed by atoms with van der Waals surface area (Å²) in [6.45, 7) is 0. The first kappa shape index (κ1) is 17.0. The van der Waals surface area contributed by atoms with Crippen molar-refractivity contribution in [3.63, 3.8) is 0 Å². The molecule has 1 N–H and O–H groups in total. The molecule has 0 aliphatic heterocycles. The van der Waals surface area contributed by atoms with Crippen molar-refractivity contribution < 1.29 is 17.6 Å². The third-order valence-electron chi connectivity index (χ3n) is 4.37. The highest BCUT2D eigenvalue weighted by Crippen LogP contribution is 2.48. The summed E-state index contributed by atoms with van der Waals surface area (Å²) in [6.07, 6.45) is 1.88. The van der Waals surface area contributed by atoms with E-state index in [0.29, 0.717) is 17.6 Å². The molecule has 0 spiro atoms. The van der Waals surface area contributed by atoms with Crippen LogP contribution in [0.15, 0.2) is 53.7 Å². The summed E-state index contributed by atoms with van der Waals surface area (Å²) >= 11 is 5.96. The number of sulfonamides is 1. The van der Waals surface area contributed by atoms with E-state index in [1.165, 1.54) is 16.7 Å². The molecule has 1 fully saturated rings. The quantitative estimate of drug-likeness (QED) is 0.739. The molecule has 2 unspecified atom stereocenters. The molecular weight excluding hydrogens is 381 g/mol. The second-order valence-electron chi connectivity index (χ2n) is 6.08. The number of rotatable bonds is 4. The largest absolute Gasteiger partial charge is 0.288 e. The Labute approximate surface area is 153 Å². The van der Waals surface area contributed by atoms with E-state index in [2.05, 4.69) is 4.98 Å². The van der Waals surface area contributed by atoms with Crippen LogP contribution in [0.2, 0.25) is 5.15 Å². The number of halogens is 2. The zero-order valence-electron chi connectivity index (χ0n) is 13.3. The van der Waals surface area contributed by atoms with Gasteiger partial charge in [0.2, 0.25) is 5.91 Å². The maximum absolute atomic E-state index is 13.8. The molecular formula is C17H13ClFN3O3S. The third kappa shape index (κ3) is 2.85. The molecule has 2 heterocycles. The Morgan fingerprint density at radius 3 is 2.73 bits per heavy atom. The van der Waals surface area contributed by atoms with E-state index < -0.39 is 27.7 Å². The van der Waals surface area contributed by atoms with Gasteiger partial charge < -0.3 is 0 Å². The maximum atomic E-state index is 13.8. The predicted octanol–water partition coefficient (Wildman–Crippen LogP) is 2.74. The lowest BCUT2D eigenvalue weighted by atomic mass is 10.1. The summed E-state index contributed by atoms with van der Waals surface area (Å²) in [5, 5.41) is -0.524. The van der Waals surface area contributed by atoms with Crippen LogP contribution in [0.4, 0.5) is 4.39 Å². The van der Waals surface area contributed by atoms with Crippen molar-refractivity contribution in [2.75, 3.05) is 0 Å². The van der Waals surface area contributed by atoms with Crippen LogP contribution in [0.3, 0.4) is 0 Å². The highest BCUT2D eigenvalue weighted by molar-refractivity contribution is 7.90. The lowest BCUT2D eigenvalue weighted by molar-refractivity contribution is -0.120. The van der Waals surface area contributed by atoms with Crippen molar-refractivity contribution >= 4 is 33.2 Å². The van der Waals surface area contributed by atoms with E-state index in [9.17, 15) is 17.6 Å². The topological polar surface area (TPSA) is 80.5 Å². The first-order chi connectivity index (χ1) is 12.4. The van der Waals surface area contributed by atoms with Gasteiger partial charge in [0.15, 0.2) is 10.2 Å². The Kier molecular flexibility index (Phi) is 3.96. The van der Waals surface area contributed by atoms with Gasteiger partial charge in [-0.1, -0.05) is 35.9 Å². The normalized spacial score (nSPS) is 19.5. The van der Waals surface area contributed by atoms with Gasteiger partial charge in [-0.15, -0.1) is 0 Å². The van der Waals surface area contributed by atoms with Gasteiger partial charge in [0.05, 0.1) is 0 Å². The van der Waals surface area contributed by atoms with Gasteiger partial charge in [0, 0.05) is 12.1 Å². The standard InChI is InChI=1S/C17H13ClFN3O3S/c18-15-17(22-8-4-3-7-14(22)20-15)26(24,25)21-16(23)12-9-11(12)10-5-1-2-6-13(10)19/h1-8,11-12H,9H2,(H,21,23). The van der Waals surface area contributed by atoms with Crippen LogP contribution in [-0.2, 0) is 14.8 Å². The number of amides is 1. The van der Waals surface area contributed by atoms with Gasteiger partial charge in [0.1, 0.15) is 11.5 Å². The minimum absolute atomic E-state index is 0.224. The molecule has 1 aliphatic carbocycles. The van der Waals surface area contributed by atoms with Crippen molar-refractivity contribution in [3.8, 4) is 0 Å². The Morgan fingerprint density at radius 1 is 1.23 bits per heavy atom. The molecule has 2 aromatic heterocycles. The number of hydrogen-bond acceptors (Lipinski definition) is 4. The van der Waals surface area contributed by atoms with Gasteiger partial charge in [-0.05, 0) is 36.1 Å². The number of pyridine rings is 1. The minimum Gasteiger partial charge on any atom is -0.288 e. The summed E-state index contributed by atoms with van der Waals surface area (Å²) in [5.74, 6) is -2.01. The van der Waals surface area contributed by atoms with Crippen LogP contribution in [0, 0.1) is 11.7 Å². The molecule has 3 aromatic rings. The number of benzene rings is 1. The number of nitrogens with zero attached hydrogens (tertiary/aromatic N) is 2. The molecule has 0 bridgehead atoms. The molecule has 1 saturated carbocycles. The molecule has 0 radical (unpaired) electrons. The molecule has 134 valence electrons.